The maximum absolute atomic E-state index is 4.56. The Morgan fingerprint density at radius 1 is 1.33 bits per heavy atom. The Bertz CT molecular complexity index is 551. The molecule has 114 valence electrons. The van der Waals surface area contributed by atoms with Crippen molar-refractivity contribution >= 4 is 27.3 Å². The van der Waals surface area contributed by atoms with Crippen LogP contribution in [0.25, 0.3) is 0 Å². The fourth-order valence-corrected chi connectivity index (χ4v) is 3.54. The molecule has 0 bridgehead atoms. The van der Waals surface area contributed by atoms with E-state index in [0.29, 0.717) is 6.04 Å². The average Bonchev–Trinajstić information content (AvgIpc) is 2.83. The van der Waals surface area contributed by atoms with Crippen molar-refractivity contribution in [3.63, 3.8) is 0 Å². The van der Waals surface area contributed by atoms with E-state index in [2.05, 4.69) is 75.6 Å². The molecule has 5 heteroatoms. The van der Waals surface area contributed by atoms with Crippen LogP contribution in [0, 0.1) is 0 Å². The molecule has 0 aliphatic rings. The normalized spacial score (nSPS) is 11.5. The Kier molecular flexibility index (Phi) is 6.36. The number of hydrogen-bond donors (Lipinski definition) is 1. The number of pyridine rings is 1. The van der Waals surface area contributed by atoms with Crippen molar-refractivity contribution < 1.29 is 0 Å². The van der Waals surface area contributed by atoms with Gasteiger partial charge in [-0.25, -0.2) is 0 Å². The van der Waals surface area contributed by atoms with Crippen molar-refractivity contribution in [1.29, 1.82) is 0 Å². The molecule has 2 aromatic heterocycles. The van der Waals surface area contributed by atoms with Crippen LogP contribution >= 0.6 is 27.3 Å². The fourth-order valence-electron chi connectivity index (χ4n) is 2.01. The van der Waals surface area contributed by atoms with Gasteiger partial charge in [-0.3, -0.25) is 9.88 Å². The van der Waals surface area contributed by atoms with Crippen LogP contribution in [0.4, 0.5) is 0 Å². The summed E-state index contributed by atoms with van der Waals surface area (Å²) in [6.45, 7) is 7.01. The molecule has 21 heavy (non-hydrogen) atoms. The minimum Gasteiger partial charge on any atom is -0.310 e. The Labute approximate surface area is 139 Å². The lowest BCUT2D eigenvalue weighted by Gasteiger charge is -2.15. The number of hydrogen-bond acceptors (Lipinski definition) is 4. The van der Waals surface area contributed by atoms with E-state index in [-0.39, 0.29) is 0 Å². The van der Waals surface area contributed by atoms with Crippen molar-refractivity contribution in [2.75, 3.05) is 7.05 Å². The summed E-state index contributed by atoms with van der Waals surface area (Å²) >= 11 is 5.28. The number of thiophene rings is 1. The van der Waals surface area contributed by atoms with E-state index in [1.165, 1.54) is 10.4 Å². The Morgan fingerprint density at radius 3 is 2.71 bits per heavy atom. The average molecular weight is 368 g/mol. The predicted octanol–water partition coefficient (Wildman–Crippen LogP) is 4.04. The monoisotopic (exact) mass is 367 g/mol. The molecule has 0 amide bonds. The molecule has 1 N–H and O–H groups in total. The number of halogens is 1. The number of nitrogens with zero attached hydrogens (tertiary/aromatic N) is 2. The molecule has 2 heterocycles. The second kappa shape index (κ2) is 8.03. The minimum absolute atomic E-state index is 0.501. The summed E-state index contributed by atoms with van der Waals surface area (Å²) in [6.07, 6.45) is 1.97. The van der Waals surface area contributed by atoms with Crippen LogP contribution < -0.4 is 5.32 Å². The van der Waals surface area contributed by atoms with Crippen LogP contribution in [0.3, 0.4) is 0 Å². The molecule has 0 saturated carbocycles. The van der Waals surface area contributed by atoms with Gasteiger partial charge in [0.25, 0.3) is 0 Å². The van der Waals surface area contributed by atoms with Gasteiger partial charge in [-0.15, -0.1) is 11.3 Å². The van der Waals surface area contributed by atoms with E-state index in [0.717, 1.165) is 29.8 Å². The first-order valence-electron chi connectivity index (χ1n) is 7.11. The first kappa shape index (κ1) is 16.6. The van der Waals surface area contributed by atoms with Crippen molar-refractivity contribution in [3.05, 3.63) is 50.4 Å². The van der Waals surface area contributed by atoms with E-state index >= 15 is 0 Å². The third-order valence-electron chi connectivity index (χ3n) is 3.08. The van der Waals surface area contributed by atoms with Crippen molar-refractivity contribution in [1.82, 2.24) is 15.2 Å². The van der Waals surface area contributed by atoms with E-state index < -0.39 is 0 Å². The molecule has 0 aromatic carbocycles. The van der Waals surface area contributed by atoms with E-state index in [4.69, 9.17) is 0 Å². The number of rotatable bonds is 7. The van der Waals surface area contributed by atoms with Gasteiger partial charge < -0.3 is 5.32 Å². The summed E-state index contributed by atoms with van der Waals surface area (Å²) in [7, 11) is 2.13. The predicted molar refractivity (Wildman–Crippen MR) is 93.4 cm³/mol. The lowest BCUT2D eigenvalue weighted by atomic mass is 10.2. The molecule has 0 radical (unpaired) electrons. The zero-order valence-corrected chi connectivity index (χ0v) is 15.2. The first-order valence-corrected chi connectivity index (χ1v) is 8.79. The summed E-state index contributed by atoms with van der Waals surface area (Å²) in [5.74, 6) is 0. The molecule has 0 aliphatic heterocycles. The maximum atomic E-state index is 4.56. The van der Waals surface area contributed by atoms with E-state index in [1.807, 2.05) is 6.20 Å². The smallest absolute Gasteiger partial charge is 0.0544 e. The Hall–Kier alpha value is -0.750. The van der Waals surface area contributed by atoms with Crippen LogP contribution in [0.15, 0.2) is 34.2 Å². The molecule has 2 rings (SSSR count). The van der Waals surface area contributed by atoms with Crippen molar-refractivity contribution in [3.8, 4) is 0 Å². The largest absolute Gasteiger partial charge is 0.310 e. The molecule has 0 saturated heterocycles. The molecular formula is C16H22BrN3S. The molecule has 2 aromatic rings. The summed E-state index contributed by atoms with van der Waals surface area (Å²) < 4.78 is 1.16. The second-order valence-corrected chi connectivity index (χ2v) is 7.51. The van der Waals surface area contributed by atoms with Gasteiger partial charge in [-0.05, 0) is 40.7 Å². The minimum atomic E-state index is 0.501. The van der Waals surface area contributed by atoms with Gasteiger partial charge in [-0.2, -0.15) is 0 Å². The van der Waals surface area contributed by atoms with Crippen LogP contribution in [0.2, 0.25) is 0 Å². The number of aromatic nitrogens is 1. The maximum Gasteiger partial charge on any atom is 0.0544 e. The number of nitrogens with one attached hydrogen (secondary N) is 1. The lowest BCUT2D eigenvalue weighted by molar-refractivity contribution is 0.318. The van der Waals surface area contributed by atoms with Gasteiger partial charge in [0.15, 0.2) is 0 Å². The second-order valence-electron chi connectivity index (χ2n) is 5.60. The van der Waals surface area contributed by atoms with Gasteiger partial charge in [-0.1, -0.05) is 19.9 Å². The summed E-state index contributed by atoms with van der Waals surface area (Å²) in [5, 5.41) is 5.53. The van der Waals surface area contributed by atoms with Crippen molar-refractivity contribution in [2.24, 2.45) is 0 Å². The van der Waals surface area contributed by atoms with Crippen LogP contribution in [0.5, 0.6) is 0 Å². The first-order chi connectivity index (χ1) is 10.0. The molecule has 0 atom stereocenters. The standard InChI is InChI=1S/C16H22BrN3S/c1-12(2)18-7-13-4-5-15(19-8-13)9-20(3)10-16-6-14(17)11-21-16/h4-6,8,11-12,18H,7,9-10H2,1-3H3. The quantitative estimate of drug-likeness (QED) is 0.800. The zero-order chi connectivity index (χ0) is 15.2. The molecule has 0 fully saturated rings. The lowest BCUT2D eigenvalue weighted by Crippen LogP contribution is -2.22. The van der Waals surface area contributed by atoms with Gasteiger partial charge in [0.05, 0.1) is 5.69 Å². The Balaban J connectivity index is 1.84. The van der Waals surface area contributed by atoms with Crippen molar-refractivity contribution in [2.45, 2.75) is 39.5 Å². The molecule has 3 nitrogen and oxygen atoms in total. The van der Waals surface area contributed by atoms with Gasteiger partial charge in [0.1, 0.15) is 0 Å². The molecule has 0 aliphatic carbocycles. The summed E-state index contributed by atoms with van der Waals surface area (Å²) in [4.78, 5) is 8.20. The molecule has 0 spiro atoms. The third kappa shape index (κ3) is 5.87. The molecular weight excluding hydrogens is 346 g/mol. The van der Waals surface area contributed by atoms with E-state index in [9.17, 15) is 0 Å². The summed E-state index contributed by atoms with van der Waals surface area (Å²) in [5.41, 5.74) is 2.35. The topological polar surface area (TPSA) is 28.2 Å². The fraction of sp³-hybridized carbons (Fsp3) is 0.438. The highest BCUT2D eigenvalue weighted by Gasteiger charge is 2.05. The van der Waals surface area contributed by atoms with Gasteiger partial charge in [0.2, 0.25) is 0 Å². The van der Waals surface area contributed by atoms with E-state index in [1.54, 1.807) is 11.3 Å². The SMILES string of the molecule is CC(C)NCc1ccc(CN(C)Cc2cc(Br)cs2)nc1. The third-order valence-corrected chi connectivity index (χ3v) is 4.76. The highest BCUT2D eigenvalue weighted by molar-refractivity contribution is 9.10. The molecule has 0 unspecified atom stereocenters. The van der Waals surface area contributed by atoms with Gasteiger partial charge in [0, 0.05) is 46.6 Å². The highest BCUT2D eigenvalue weighted by Crippen LogP contribution is 2.21. The zero-order valence-electron chi connectivity index (χ0n) is 12.8. The Morgan fingerprint density at radius 2 is 2.14 bits per heavy atom. The highest BCUT2D eigenvalue weighted by atomic mass is 79.9. The van der Waals surface area contributed by atoms with Crippen LogP contribution in [0.1, 0.15) is 30.0 Å². The van der Waals surface area contributed by atoms with Crippen LogP contribution in [-0.2, 0) is 19.6 Å². The van der Waals surface area contributed by atoms with Gasteiger partial charge >= 0.3 is 0 Å². The summed E-state index contributed by atoms with van der Waals surface area (Å²) in [6, 6.07) is 6.96. The van der Waals surface area contributed by atoms with Crippen LogP contribution in [-0.4, -0.2) is 23.0 Å².